The quantitative estimate of drug-likeness (QED) is 0.288. The Balaban J connectivity index is 2.26. The summed E-state index contributed by atoms with van der Waals surface area (Å²) in [4.78, 5) is 7.50. The van der Waals surface area contributed by atoms with Gasteiger partial charge in [-0.3, -0.25) is 4.98 Å². The van der Waals surface area contributed by atoms with Crippen molar-refractivity contribution in [1.82, 2.24) is 9.88 Å². The van der Waals surface area contributed by atoms with Crippen LogP contribution in [0.2, 0.25) is 0 Å². The third kappa shape index (κ3) is 7.60. The summed E-state index contributed by atoms with van der Waals surface area (Å²) in [5.74, 6) is 0.677. The van der Waals surface area contributed by atoms with Gasteiger partial charge in [0.15, 0.2) is 0 Å². The lowest BCUT2D eigenvalue weighted by atomic mass is 9.89. The number of hydrogen-bond donors (Lipinski definition) is 0. The molecule has 2 rings (SSSR count). The Morgan fingerprint density at radius 1 is 0.867 bits per heavy atom. The molecule has 0 spiro atoms. The van der Waals surface area contributed by atoms with Gasteiger partial charge in [-0.15, -0.1) is 0 Å². The zero-order chi connectivity index (χ0) is 21.6. The van der Waals surface area contributed by atoms with Gasteiger partial charge in [0.1, 0.15) is 0 Å². The molecule has 0 saturated heterocycles. The van der Waals surface area contributed by atoms with Crippen molar-refractivity contribution in [2.45, 2.75) is 117 Å². The molecule has 0 saturated carbocycles. The van der Waals surface area contributed by atoms with Crippen LogP contribution in [-0.2, 0) is 0 Å². The Kier molecular flexibility index (Phi) is 11.9. The van der Waals surface area contributed by atoms with Gasteiger partial charge in [-0.05, 0) is 55.4 Å². The molecular weight excluding hydrogens is 364 g/mol. The molecule has 0 amide bonds. The summed E-state index contributed by atoms with van der Waals surface area (Å²) in [6.45, 7) is 10.2. The minimum Gasteiger partial charge on any atom is -0.363 e. The first-order valence-electron chi connectivity index (χ1n) is 12.8. The number of rotatable bonds is 15. The van der Waals surface area contributed by atoms with Gasteiger partial charge in [0, 0.05) is 18.8 Å². The van der Waals surface area contributed by atoms with Crippen LogP contribution in [0, 0.1) is 0 Å². The molecule has 0 unspecified atom stereocenters. The van der Waals surface area contributed by atoms with E-state index in [0.717, 1.165) is 6.54 Å². The second kappa shape index (κ2) is 14.4. The number of aromatic nitrogens is 1. The zero-order valence-corrected chi connectivity index (χ0v) is 20.2. The molecule has 2 heterocycles. The van der Waals surface area contributed by atoms with Crippen molar-refractivity contribution in [2.75, 3.05) is 6.54 Å². The smallest absolute Gasteiger partial charge is 0.0866 e. The van der Waals surface area contributed by atoms with Gasteiger partial charge in [-0.2, -0.15) is 0 Å². The first-order chi connectivity index (χ1) is 14.7. The van der Waals surface area contributed by atoms with Gasteiger partial charge >= 0.3 is 0 Å². The molecule has 0 atom stereocenters. The fourth-order valence-electron chi connectivity index (χ4n) is 4.66. The van der Waals surface area contributed by atoms with Crippen molar-refractivity contribution in [2.24, 2.45) is 0 Å². The second-order valence-electron chi connectivity index (χ2n) is 9.03. The first kappa shape index (κ1) is 24.7. The second-order valence-corrected chi connectivity index (χ2v) is 9.03. The molecule has 0 N–H and O–H groups in total. The molecular formula is C28H46N2. The van der Waals surface area contributed by atoms with Crippen LogP contribution in [-0.4, -0.2) is 22.5 Å². The van der Waals surface area contributed by atoms with E-state index in [1.807, 2.05) is 0 Å². The number of unbranched alkanes of at least 4 members (excludes halogenated alkanes) is 4. The van der Waals surface area contributed by atoms with E-state index in [0.29, 0.717) is 12.0 Å². The largest absolute Gasteiger partial charge is 0.363 e. The SMILES string of the molecule is CCCCC(CCCC)c1ccnc(C2=CC=CCN2C(CCCC)CCCC)c1. The summed E-state index contributed by atoms with van der Waals surface area (Å²) in [6, 6.07) is 5.31. The molecule has 1 aromatic rings. The van der Waals surface area contributed by atoms with Crippen molar-refractivity contribution in [1.29, 1.82) is 0 Å². The van der Waals surface area contributed by atoms with Gasteiger partial charge in [-0.1, -0.05) is 91.2 Å². The van der Waals surface area contributed by atoms with Gasteiger partial charge in [0.05, 0.1) is 11.4 Å². The number of pyridine rings is 1. The lowest BCUT2D eigenvalue weighted by molar-refractivity contribution is 0.273. The normalized spacial score (nSPS) is 14.1. The Hall–Kier alpha value is -1.57. The fraction of sp³-hybridized carbons (Fsp3) is 0.679. The van der Waals surface area contributed by atoms with Crippen LogP contribution in [0.5, 0.6) is 0 Å². The maximum absolute atomic E-state index is 4.86. The third-order valence-corrected chi connectivity index (χ3v) is 6.55. The van der Waals surface area contributed by atoms with Gasteiger partial charge < -0.3 is 4.90 Å². The fourth-order valence-corrected chi connectivity index (χ4v) is 4.66. The predicted molar refractivity (Wildman–Crippen MR) is 133 cm³/mol. The summed E-state index contributed by atoms with van der Waals surface area (Å²) in [5, 5.41) is 0. The Labute approximate surface area is 186 Å². The van der Waals surface area contributed by atoms with Crippen molar-refractivity contribution in [3.05, 3.63) is 47.8 Å². The van der Waals surface area contributed by atoms with Crippen LogP contribution in [0.1, 0.15) is 122 Å². The van der Waals surface area contributed by atoms with Crippen LogP contribution in [0.15, 0.2) is 36.6 Å². The molecule has 0 fully saturated rings. The van der Waals surface area contributed by atoms with E-state index >= 15 is 0 Å². The average molecular weight is 411 g/mol. The molecule has 0 bridgehead atoms. The number of hydrogen-bond acceptors (Lipinski definition) is 2. The van der Waals surface area contributed by atoms with Crippen molar-refractivity contribution in [3.8, 4) is 0 Å². The highest BCUT2D eigenvalue weighted by Crippen LogP contribution is 2.32. The van der Waals surface area contributed by atoms with Crippen LogP contribution >= 0.6 is 0 Å². The van der Waals surface area contributed by atoms with E-state index in [1.54, 1.807) is 0 Å². The van der Waals surface area contributed by atoms with Crippen molar-refractivity contribution in [3.63, 3.8) is 0 Å². The molecule has 1 aliphatic heterocycles. The number of allylic oxidation sites excluding steroid dienone is 2. The van der Waals surface area contributed by atoms with E-state index in [4.69, 9.17) is 4.98 Å². The highest BCUT2D eigenvalue weighted by Gasteiger charge is 2.23. The van der Waals surface area contributed by atoms with E-state index < -0.39 is 0 Å². The molecule has 0 radical (unpaired) electrons. The van der Waals surface area contributed by atoms with Gasteiger partial charge in [0.2, 0.25) is 0 Å². The highest BCUT2D eigenvalue weighted by molar-refractivity contribution is 5.65. The van der Waals surface area contributed by atoms with E-state index in [-0.39, 0.29) is 0 Å². The molecule has 30 heavy (non-hydrogen) atoms. The summed E-state index contributed by atoms with van der Waals surface area (Å²) in [5.41, 5.74) is 4.00. The molecule has 1 aliphatic rings. The van der Waals surface area contributed by atoms with Crippen LogP contribution in [0.3, 0.4) is 0 Å². The first-order valence-corrected chi connectivity index (χ1v) is 12.8. The minimum atomic E-state index is 0.627. The van der Waals surface area contributed by atoms with Gasteiger partial charge in [-0.25, -0.2) is 0 Å². The molecule has 2 nitrogen and oxygen atoms in total. The molecule has 0 aromatic carbocycles. The summed E-state index contributed by atoms with van der Waals surface area (Å²) < 4.78 is 0. The summed E-state index contributed by atoms with van der Waals surface area (Å²) >= 11 is 0. The lowest BCUT2D eigenvalue weighted by Crippen LogP contribution is -2.35. The zero-order valence-electron chi connectivity index (χ0n) is 20.2. The van der Waals surface area contributed by atoms with Crippen molar-refractivity contribution >= 4 is 5.70 Å². The van der Waals surface area contributed by atoms with Gasteiger partial charge in [0.25, 0.3) is 0 Å². The van der Waals surface area contributed by atoms with E-state index in [1.165, 1.54) is 94.0 Å². The van der Waals surface area contributed by atoms with Crippen LogP contribution in [0.4, 0.5) is 0 Å². The summed E-state index contributed by atoms with van der Waals surface area (Å²) in [7, 11) is 0. The Morgan fingerprint density at radius 3 is 2.07 bits per heavy atom. The van der Waals surface area contributed by atoms with Crippen LogP contribution < -0.4 is 0 Å². The summed E-state index contributed by atoms with van der Waals surface area (Å²) in [6.07, 6.45) is 24.4. The van der Waals surface area contributed by atoms with Crippen LogP contribution in [0.25, 0.3) is 5.70 Å². The van der Waals surface area contributed by atoms with Crippen molar-refractivity contribution < 1.29 is 0 Å². The number of nitrogens with zero attached hydrogens (tertiary/aromatic N) is 2. The monoisotopic (exact) mass is 410 g/mol. The highest BCUT2D eigenvalue weighted by atomic mass is 15.2. The Bertz CT molecular complexity index is 630. The standard InChI is InChI=1S/C28H46N2/c1-5-9-15-24(16-10-6-2)25-20-21-29-27(23-25)28-19-13-14-22-30(28)26(17-11-7-3)18-12-8-4/h13-14,19-21,23-24,26H,5-12,15-18,22H2,1-4H3. The Morgan fingerprint density at radius 2 is 1.47 bits per heavy atom. The molecule has 2 heteroatoms. The third-order valence-electron chi connectivity index (χ3n) is 6.55. The molecule has 0 aliphatic carbocycles. The topological polar surface area (TPSA) is 16.1 Å². The predicted octanol–water partition coefficient (Wildman–Crippen LogP) is 8.51. The molecule has 1 aromatic heterocycles. The van der Waals surface area contributed by atoms with E-state index in [9.17, 15) is 0 Å². The maximum Gasteiger partial charge on any atom is 0.0866 e. The minimum absolute atomic E-state index is 0.627. The molecule has 168 valence electrons. The average Bonchev–Trinajstić information content (AvgIpc) is 2.79. The maximum atomic E-state index is 4.86. The lowest BCUT2D eigenvalue weighted by Gasteiger charge is -2.36. The van der Waals surface area contributed by atoms with E-state index in [2.05, 4.69) is 69.2 Å².